The van der Waals surface area contributed by atoms with Crippen molar-refractivity contribution in [1.82, 2.24) is 0 Å². The molecule has 0 saturated heterocycles. The second kappa shape index (κ2) is 14.3. The van der Waals surface area contributed by atoms with Crippen LogP contribution in [0.15, 0.2) is 48.6 Å². The van der Waals surface area contributed by atoms with Crippen LogP contribution in [0, 0.1) is 5.53 Å². The van der Waals surface area contributed by atoms with Crippen molar-refractivity contribution >= 4 is 0 Å². The maximum Gasteiger partial charge on any atom is 0 e. The molecule has 14 heavy (non-hydrogen) atoms. The Hall–Kier alpha value is -1.21. The molecule has 0 unspecified atom stereocenters. The van der Waals surface area contributed by atoms with E-state index in [0.29, 0.717) is 0 Å². The van der Waals surface area contributed by atoms with Gasteiger partial charge in [0, 0.05) is 17.1 Å². The Labute approximate surface area is 94.8 Å². The molecule has 0 aromatic rings. The van der Waals surface area contributed by atoms with Gasteiger partial charge in [-0.1, -0.05) is 48.6 Å². The molecule has 0 spiro atoms. The third kappa shape index (κ3) is 13.4. The zero-order valence-electron chi connectivity index (χ0n) is 7.78. The predicted molar refractivity (Wildman–Crippen MR) is 55.2 cm³/mol. The van der Waals surface area contributed by atoms with Crippen molar-refractivity contribution in [3.8, 4) is 0 Å². The van der Waals surface area contributed by atoms with Crippen molar-refractivity contribution in [3.05, 3.63) is 59.1 Å². The van der Waals surface area contributed by atoms with Crippen molar-refractivity contribution in [1.29, 1.82) is 5.53 Å². The Kier molecular flexibility index (Phi) is 15.6. The van der Waals surface area contributed by atoms with Gasteiger partial charge in [-0.15, -0.1) is 5.53 Å². The monoisotopic (exact) mass is 231 g/mol. The molecule has 2 aliphatic rings. The Balaban J connectivity index is 0. The van der Waals surface area contributed by atoms with Crippen LogP contribution in [-0.2, 0) is 17.1 Å². The summed E-state index contributed by atoms with van der Waals surface area (Å²) in [5, 5.41) is 0. The molecule has 0 aliphatic heterocycles. The number of nitrogens with one attached hydrogen (secondary N) is 1. The minimum Gasteiger partial charge on any atom is -0.108 e. The first kappa shape index (κ1) is 15.3. The van der Waals surface area contributed by atoms with E-state index in [1.165, 1.54) is 0 Å². The van der Waals surface area contributed by atoms with Crippen LogP contribution in [0.3, 0.4) is 0 Å². The second-order valence-electron chi connectivity index (χ2n) is 2.28. The largest absolute Gasteiger partial charge is 0.108 e. The number of hydrogen-bond donors (Lipinski definition) is 1. The fourth-order valence-corrected chi connectivity index (χ4v) is 0.786. The number of allylic oxidation sites excluding steroid dienone is 8. The summed E-state index contributed by atoms with van der Waals surface area (Å²) in [7, 11) is 0. The fourth-order valence-electron chi connectivity index (χ4n) is 0.786. The van der Waals surface area contributed by atoms with Crippen molar-refractivity contribution in [2.45, 2.75) is 12.8 Å². The van der Waals surface area contributed by atoms with E-state index in [1.807, 2.05) is 0 Å². The van der Waals surface area contributed by atoms with Crippen LogP contribution in [0.25, 0.3) is 10.4 Å². The van der Waals surface area contributed by atoms with Crippen LogP contribution in [0.5, 0.6) is 0 Å². The SMILES string of the molecule is C1=CCC=C1.C1=CCC=C1.[Fe].[N-]=[N+]=N. The molecule has 3 nitrogen and oxygen atoms in total. The molecule has 1 N–H and O–H groups in total. The van der Waals surface area contributed by atoms with Gasteiger partial charge in [-0.25, -0.2) is 0 Å². The number of rotatable bonds is 0. The average molecular weight is 231 g/mol. The zero-order chi connectivity index (χ0) is 9.78. The van der Waals surface area contributed by atoms with E-state index in [4.69, 9.17) is 11.1 Å². The van der Waals surface area contributed by atoms with Gasteiger partial charge in [-0.05, 0) is 23.3 Å². The topological polar surface area (TPSA) is 60.3 Å². The van der Waals surface area contributed by atoms with Crippen molar-refractivity contribution in [2.75, 3.05) is 0 Å². The van der Waals surface area contributed by atoms with Crippen LogP contribution in [0.1, 0.15) is 12.8 Å². The summed E-state index contributed by atoms with van der Waals surface area (Å²) in [6.07, 6.45) is 19.0. The van der Waals surface area contributed by atoms with E-state index in [1.54, 1.807) is 4.91 Å². The molecule has 76 valence electrons. The van der Waals surface area contributed by atoms with Crippen LogP contribution in [0.2, 0.25) is 0 Å². The van der Waals surface area contributed by atoms with Crippen molar-refractivity contribution < 1.29 is 17.1 Å². The van der Waals surface area contributed by atoms with E-state index < -0.39 is 0 Å². The molecule has 0 heterocycles. The minimum atomic E-state index is 0. The van der Waals surface area contributed by atoms with Gasteiger partial charge in [0.2, 0.25) is 0 Å². The van der Waals surface area contributed by atoms with Crippen LogP contribution in [-0.4, -0.2) is 0 Å². The van der Waals surface area contributed by atoms with Crippen LogP contribution in [0.4, 0.5) is 0 Å². The fraction of sp³-hybridized carbons (Fsp3) is 0.200. The van der Waals surface area contributed by atoms with Crippen molar-refractivity contribution in [3.63, 3.8) is 0 Å². The summed E-state index contributed by atoms with van der Waals surface area (Å²) in [6.45, 7) is 0. The number of hydrogen-bond acceptors (Lipinski definition) is 1. The molecule has 0 aromatic heterocycles. The Morgan fingerprint density at radius 3 is 1.14 bits per heavy atom. The molecule has 0 bridgehead atoms. The van der Waals surface area contributed by atoms with Gasteiger partial charge < -0.3 is 0 Å². The van der Waals surface area contributed by atoms with E-state index in [2.05, 4.69) is 48.6 Å². The van der Waals surface area contributed by atoms with Crippen molar-refractivity contribution in [2.24, 2.45) is 0 Å². The van der Waals surface area contributed by atoms with Crippen LogP contribution >= 0.6 is 0 Å². The molecule has 0 fully saturated rings. The van der Waals surface area contributed by atoms with Gasteiger partial charge >= 0.3 is 0 Å². The maximum atomic E-state index is 6.86. The second-order valence-corrected chi connectivity index (χ2v) is 2.28. The van der Waals surface area contributed by atoms with E-state index in [9.17, 15) is 0 Å². The molecular weight excluding hydrogens is 218 g/mol. The summed E-state index contributed by atoms with van der Waals surface area (Å²) in [5.41, 5.74) is 12.2. The molecular formula is C10H13FeN3. The van der Waals surface area contributed by atoms with Gasteiger partial charge in [0.05, 0.1) is 0 Å². The quantitative estimate of drug-likeness (QED) is 0.284. The van der Waals surface area contributed by atoms with Gasteiger partial charge in [-0.3, -0.25) is 0 Å². The predicted octanol–water partition coefficient (Wildman–Crippen LogP) is 3.88. The molecule has 0 atom stereocenters. The molecule has 2 aliphatic carbocycles. The third-order valence-electron chi connectivity index (χ3n) is 1.31. The summed E-state index contributed by atoms with van der Waals surface area (Å²) < 4.78 is 0. The number of nitrogens with zero attached hydrogens (tertiary/aromatic N) is 2. The minimum absolute atomic E-state index is 0. The molecule has 0 saturated carbocycles. The van der Waals surface area contributed by atoms with E-state index in [0.717, 1.165) is 12.8 Å². The molecule has 0 amide bonds. The first-order valence-electron chi connectivity index (χ1n) is 4.06. The zero-order valence-corrected chi connectivity index (χ0v) is 8.89. The molecule has 4 heteroatoms. The Morgan fingerprint density at radius 1 is 0.857 bits per heavy atom. The Morgan fingerprint density at radius 2 is 1.07 bits per heavy atom. The van der Waals surface area contributed by atoms with Gasteiger partial charge in [0.1, 0.15) is 0 Å². The normalized spacial score (nSPS) is 13.1. The van der Waals surface area contributed by atoms with Crippen LogP contribution < -0.4 is 0 Å². The molecule has 0 radical (unpaired) electrons. The summed E-state index contributed by atoms with van der Waals surface area (Å²) in [5.74, 6) is 0. The Bertz CT molecular complexity index is 217. The molecule has 2 rings (SSSR count). The third-order valence-corrected chi connectivity index (χ3v) is 1.31. The maximum absolute atomic E-state index is 6.86. The van der Waals surface area contributed by atoms with E-state index in [-0.39, 0.29) is 17.1 Å². The first-order chi connectivity index (χ1) is 6.41. The standard InChI is InChI=1S/2C5H6.Fe.HN3/c2*1-2-4-5-3-1;;1-3-2/h2*1-4H,5H2;;1H. The molecule has 0 aromatic carbocycles. The smallest absolute Gasteiger partial charge is 0 e. The first-order valence-corrected chi connectivity index (χ1v) is 4.06. The van der Waals surface area contributed by atoms with Gasteiger partial charge in [0.25, 0.3) is 0 Å². The summed E-state index contributed by atoms with van der Waals surface area (Å²) in [4.78, 5) is 1.75. The average Bonchev–Trinajstić information content (AvgIpc) is 2.85. The summed E-state index contributed by atoms with van der Waals surface area (Å²) >= 11 is 0. The summed E-state index contributed by atoms with van der Waals surface area (Å²) in [6, 6.07) is 0. The van der Waals surface area contributed by atoms with E-state index >= 15 is 0 Å². The van der Waals surface area contributed by atoms with Gasteiger partial charge in [0.15, 0.2) is 0 Å². The van der Waals surface area contributed by atoms with Gasteiger partial charge in [-0.2, -0.15) is 0 Å².